The molecule has 27 heavy (non-hydrogen) atoms. The van der Waals surface area contributed by atoms with Crippen molar-refractivity contribution in [1.82, 2.24) is 0 Å². The van der Waals surface area contributed by atoms with Crippen LogP contribution in [0.2, 0.25) is 5.02 Å². The molecule has 0 bridgehead atoms. The first-order chi connectivity index (χ1) is 12.8. The molecule has 3 rings (SSSR count). The van der Waals surface area contributed by atoms with E-state index < -0.39 is 0 Å². The summed E-state index contributed by atoms with van der Waals surface area (Å²) in [6.45, 7) is 7.71. The van der Waals surface area contributed by atoms with Gasteiger partial charge in [-0.25, -0.2) is 0 Å². The minimum atomic E-state index is -0.222. The number of hydrogen-bond donors (Lipinski definition) is 1. The Morgan fingerprint density at radius 3 is 2.63 bits per heavy atom. The van der Waals surface area contributed by atoms with E-state index in [1.807, 2.05) is 52.0 Å². The molecular weight excluding hydrogens is 362 g/mol. The SMILES string of the molecule is COc1cc2oc(C)c(C)c2cc1/C(C)=C/C(=O)Nc1cccc(Cl)c1C. The van der Waals surface area contributed by atoms with Crippen LogP contribution in [-0.2, 0) is 4.79 Å². The summed E-state index contributed by atoms with van der Waals surface area (Å²) in [5, 5.41) is 4.52. The number of benzene rings is 2. The summed E-state index contributed by atoms with van der Waals surface area (Å²) in [5.41, 5.74) is 5.04. The molecule has 0 aliphatic heterocycles. The van der Waals surface area contributed by atoms with Gasteiger partial charge in [0.25, 0.3) is 0 Å². The molecular formula is C22H22ClNO3. The second kappa shape index (κ2) is 7.49. The van der Waals surface area contributed by atoms with Crippen molar-refractivity contribution in [1.29, 1.82) is 0 Å². The van der Waals surface area contributed by atoms with Crippen molar-refractivity contribution in [3.63, 3.8) is 0 Å². The zero-order valence-corrected chi connectivity index (χ0v) is 16.8. The third-order valence-electron chi connectivity index (χ3n) is 4.79. The van der Waals surface area contributed by atoms with Crippen molar-refractivity contribution >= 4 is 39.7 Å². The molecule has 0 aliphatic carbocycles. The molecule has 0 saturated carbocycles. The third kappa shape index (κ3) is 3.71. The third-order valence-corrected chi connectivity index (χ3v) is 5.20. The second-order valence-electron chi connectivity index (χ2n) is 6.56. The van der Waals surface area contributed by atoms with Gasteiger partial charge in [0.1, 0.15) is 17.1 Å². The number of ether oxygens (including phenoxy) is 1. The molecule has 5 heteroatoms. The van der Waals surface area contributed by atoms with E-state index >= 15 is 0 Å². The van der Waals surface area contributed by atoms with Crippen LogP contribution in [-0.4, -0.2) is 13.0 Å². The van der Waals surface area contributed by atoms with Crippen LogP contribution in [0.25, 0.3) is 16.5 Å². The Labute approximate surface area is 163 Å². The summed E-state index contributed by atoms with van der Waals surface area (Å²) >= 11 is 6.12. The fraction of sp³-hybridized carbons (Fsp3) is 0.227. The van der Waals surface area contributed by atoms with Crippen molar-refractivity contribution in [2.45, 2.75) is 27.7 Å². The van der Waals surface area contributed by atoms with E-state index in [1.165, 1.54) is 0 Å². The lowest BCUT2D eigenvalue weighted by atomic mass is 10.0. The quantitative estimate of drug-likeness (QED) is 0.557. The van der Waals surface area contributed by atoms with Crippen LogP contribution in [0.5, 0.6) is 5.75 Å². The Morgan fingerprint density at radius 1 is 1.19 bits per heavy atom. The highest BCUT2D eigenvalue weighted by molar-refractivity contribution is 6.31. The van der Waals surface area contributed by atoms with Gasteiger partial charge in [0.05, 0.1) is 7.11 Å². The first kappa shape index (κ1) is 19.1. The highest BCUT2D eigenvalue weighted by atomic mass is 35.5. The van der Waals surface area contributed by atoms with Crippen LogP contribution in [0.15, 0.2) is 40.8 Å². The molecule has 0 spiro atoms. The lowest BCUT2D eigenvalue weighted by molar-refractivity contribution is -0.111. The molecule has 1 heterocycles. The lowest BCUT2D eigenvalue weighted by Gasteiger charge is -2.11. The van der Waals surface area contributed by atoms with Gasteiger partial charge >= 0.3 is 0 Å². The van der Waals surface area contributed by atoms with Crippen LogP contribution in [0, 0.1) is 20.8 Å². The van der Waals surface area contributed by atoms with Gasteiger partial charge in [0, 0.05) is 33.8 Å². The maximum absolute atomic E-state index is 12.5. The van der Waals surface area contributed by atoms with Crippen molar-refractivity contribution in [3.8, 4) is 5.75 Å². The normalized spacial score (nSPS) is 11.7. The number of nitrogens with one attached hydrogen (secondary N) is 1. The molecule has 2 aromatic carbocycles. The number of anilines is 1. The van der Waals surface area contributed by atoms with Gasteiger partial charge in [-0.15, -0.1) is 0 Å². The van der Waals surface area contributed by atoms with Gasteiger partial charge in [0.2, 0.25) is 5.91 Å². The number of fused-ring (bicyclic) bond motifs is 1. The van der Waals surface area contributed by atoms with Crippen molar-refractivity contribution in [3.05, 3.63) is 63.9 Å². The second-order valence-corrected chi connectivity index (χ2v) is 6.97. The topological polar surface area (TPSA) is 51.5 Å². The number of methoxy groups -OCH3 is 1. The van der Waals surface area contributed by atoms with Crippen molar-refractivity contribution in [2.24, 2.45) is 0 Å². The average Bonchev–Trinajstić information content (AvgIpc) is 2.91. The number of halogens is 1. The monoisotopic (exact) mass is 383 g/mol. The maximum Gasteiger partial charge on any atom is 0.248 e. The summed E-state index contributed by atoms with van der Waals surface area (Å²) in [6, 6.07) is 9.29. The van der Waals surface area contributed by atoms with Crippen LogP contribution >= 0.6 is 11.6 Å². The fourth-order valence-corrected chi connectivity index (χ4v) is 3.21. The summed E-state index contributed by atoms with van der Waals surface area (Å²) < 4.78 is 11.3. The molecule has 4 nitrogen and oxygen atoms in total. The molecule has 0 atom stereocenters. The summed E-state index contributed by atoms with van der Waals surface area (Å²) in [7, 11) is 1.61. The standard InChI is InChI=1S/C22H22ClNO3/c1-12(9-22(25)24-19-8-6-7-18(23)14(19)3)16-10-17-13(2)15(4)27-21(17)11-20(16)26-5/h6-11H,1-5H3,(H,24,25)/b12-9+. The van der Waals surface area contributed by atoms with Crippen LogP contribution in [0.1, 0.15) is 29.4 Å². The number of rotatable bonds is 4. The largest absolute Gasteiger partial charge is 0.496 e. The van der Waals surface area contributed by atoms with E-state index in [-0.39, 0.29) is 5.91 Å². The molecule has 1 aromatic heterocycles. The number of amides is 1. The molecule has 0 saturated heterocycles. The number of allylic oxidation sites excluding steroid dienone is 1. The highest BCUT2D eigenvalue weighted by Crippen LogP contribution is 2.34. The van der Waals surface area contributed by atoms with Gasteiger partial charge in [0.15, 0.2) is 0 Å². The van der Waals surface area contributed by atoms with Gasteiger partial charge < -0.3 is 14.5 Å². The Balaban J connectivity index is 1.96. The zero-order valence-electron chi connectivity index (χ0n) is 16.1. The molecule has 0 aliphatic rings. The Morgan fingerprint density at radius 2 is 1.93 bits per heavy atom. The maximum atomic E-state index is 12.5. The van der Waals surface area contributed by atoms with Gasteiger partial charge in [-0.05, 0) is 62.6 Å². The number of carbonyl (C=O) groups is 1. The Kier molecular flexibility index (Phi) is 5.29. The lowest BCUT2D eigenvalue weighted by Crippen LogP contribution is -2.10. The summed E-state index contributed by atoms with van der Waals surface area (Å²) in [5.74, 6) is 1.32. The minimum Gasteiger partial charge on any atom is -0.496 e. The van der Waals surface area contributed by atoms with E-state index in [2.05, 4.69) is 5.32 Å². The number of carbonyl (C=O) groups excluding carboxylic acids is 1. The summed E-state index contributed by atoms with van der Waals surface area (Å²) in [6.07, 6.45) is 1.56. The average molecular weight is 384 g/mol. The zero-order chi connectivity index (χ0) is 19.7. The van der Waals surface area contributed by atoms with Crippen LogP contribution < -0.4 is 10.1 Å². The molecule has 0 fully saturated rings. The molecule has 140 valence electrons. The molecule has 1 amide bonds. The molecule has 3 aromatic rings. The van der Waals surface area contributed by atoms with Gasteiger partial charge in [-0.3, -0.25) is 4.79 Å². The van der Waals surface area contributed by atoms with E-state index in [4.69, 9.17) is 20.8 Å². The van der Waals surface area contributed by atoms with Crippen LogP contribution in [0.4, 0.5) is 5.69 Å². The predicted molar refractivity (Wildman–Crippen MR) is 111 cm³/mol. The summed E-state index contributed by atoms with van der Waals surface area (Å²) in [4.78, 5) is 12.5. The Bertz CT molecular complexity index is 1060. The van der Waals surface area contributed by atoms with Gasteiger partial charge in [-0.2, -0.15) is 0 Å². The first-order valence-corrected chi connectivity index (χ1v) is 9.02. The molecule has 1 N–H and O–H groups in total. The van der Waals surface area contributed by atoms with Gasteiger partial charge in [-0.1, -0.05) is 17.7 Å². The minimum absolute atomic E-state index is 0.222. The number of furan rings is 1. The Hall–Kier alpha value is -2.72. The van der Waals surface area contributed by atoms with E-state index in [1.54, 1.807) is 19.3 Å². The van der Waals surface area contributed by atoms with Crippen molar-refractivity contribution < 1.29 is 13.9 Å². The number of hydrogen-bond acceptors (Lipinski definition) is 3. The van der Waals surface area contributed by atoms with E-state index in [0.29, 0.717) is 16.5 Å². The fourth-order valence-electron chi connectivity index (χ4n) is 3.03. The first-order valence-electron chi connectivity index (χ1n) is 8.64. The van der Waals surface area contributed by atoms with E-state index in [0.717, 1.165) is 39.0 Å². The smallest absolute Gasteiger partial charge is 0.248 e. The van der Waals surface area contributed by atoms with E-state index in [9.17, 15) is 4.79 Å². The number of aryl methyl sites for hydroxylation is 2. The highest BCUT2D eigenvalue weighted by Gasteiger charge is 2.14. The molecule has 0 radical (unpaired) electrons. The van der Waals surface area contributed by atoms with Crippen molar-refractivity contribution in [2.75, 3.05) is 12.4 Å². The predicted octanol–water partition coefficient (Wildman–Crippen LogP) is 6.06. The molecule has 0 unspecified atom stereocenters. The van der Waals surface area contributed by atoms with Crippen LogP contribution in [0.3, 0.4) is 0 Å².